The maximum absolute atomic E-state index is 11.9. The van der Waals surface area contributed by atoms with Crippen LogP contribution in [0.4, 0.5) is 8.78 Å². The van der Waals surface area contributed by atoms with Crippen LogP contribution in [0, 0.1) is 10.8 Å². The van der Waals surface area contributed by atoms with Crippen LogP contribution in [-0.2, 0) is 0 Å². The molecule has 3 heteroatoms. The molecule has 0 unspecified atom stereocenters. The summed E-state index contributed by atoms with van der Waals surface area (Å²) in [6.45, 7) is 8.25. The van der Waals surface area contributed by atoms with Crippen molar-refractivity contribution in [1.82, 2.24) is 5.32 Å². The van der Waals surface area contributed by atoms with Crippen LogP contribution in [0.25, 0.3) is 0 Å². The second-order valence-corrected chi connectivity index (χ2v) is 4.68. The van der Waals surface area contributed by atoms with E-state index < -0.39 is 6.43 Å². The Morgan fingerprint density at radius 1 is 1.17 bits per heavy atom. The summed E-state index contributed by atoms with van der Waals surface area (Å²) in [5.41, 5.74) is 0.309. The van der Waals surface area contributed by atoms with Crippen molar-refractivity contribution in [3.05, 3.63) is 0 Å². The highest BCUT2D eigenvalue weighted by Gasteiger charge is 2.64. The Kier molecular flexibility index (Phi) is 2.19. The van der Waals surface area contributed by atoms with E-state index in [4.69, 9.17) is 0 Å². The normalized spacial score (nSPS) is 26.2. The van der Waals surface area contributed by atoms with Crippen LogP contribution in [-0.4, -0.2) is 19.0 Å². The van der Waals surface area contributed by atoms with Gasteiger partial charge in [0.05, 0.1) is 6.54 Å². The molecule has 0 spiro atoms. The van der Waals surface area contributed by atoms with Crippen molar-refractivity contribution >= 4 is 0 Å². The molecule has 0 aromatic rings. The Labute approximate surface area is 72.5 Å². The van der Waals surface area contributed by atoms with E-state index in [1.54, 1.807) is 0 Å². The van der Waals surface area contributed by atoms with E-state index in [1.165, 1.54) is 0 Å². The van der Waals surface area contributed by atoms with E-state index >= 15 is 0 Å². The second kappa shape index (κ2) is 2.66. The van der Waals surface area contributed by atoms with Gasteiger partial charge in [-0.25, -0.2) is 8.78 Å². The van der Waals surface area contributed by atoms with Gasteiger partial charge in [0.2, 0.25) is 0 Å². The van der Waals surface area contributed by atoms with Crippen LogP contribution >= 0.6 is 0 Å². The van der Waals surface area contributed by atoms with Crippen LogP contribution in [0.5, 0.6) is 0 Å². The molecule has 12 heavy (non-hydrogen) atoms. The van der Waals surface area contributed by atoms with Crippen LogP contribution in [0.3, 0.4) is 0 Å². The zero-order valence-corrected chi connectivity index (χ0v) is 8.12. The van der Waals surface area contributed by atoms with Gasteiger partial charge in [-0.1, -0.05) is 27.7 Å². The summed E-state index contributed by atoms with van der Waals surface area (Å²) in [6.07, 6.45) is -2.24. The quantitative estimate of drug-likeness (QED) is 0.697. The number of hydrogen-bond acceptors (Lipinski definition) is 1. The minimum atomic E-state index is -2.24. The third-order valence-corrected chi connectivity index (χ3v) is 3.50. The first kappa shape index (κ1) is 9.90. The molecule has 1 N–H and O–H groups in total. The van der Waals surface area contributed by atoms with E-state index in [2.05, 4.69) is 33.0 Å². The highest BCUT2D eigenvalue weighted by Crippen LogP contribution is 2.62. The van der Waals surface area contributed by atoms with E-state index in [9.17, 15) is 8.78 Å². The zero-order valence-electron chi connectivity index (χ0n) is 8.12. The molecule has 0 atom stereocenters. The van der Waals surface area contributed by atoms with Crippen molar-refractivity contribution in [2.75, 3.05) is 6.54 Å². The van der Waals surface area contributed by atoms with Gasteiger partial charge in [0, 0.05) is 6.04 Å². The van der Waals surface area contributed by atoms with Gasteiger partial charge in [-0.05, 0) is 10.8 Å². The molecule has 1 aliphatic rings. The molecule has 0 bridgehead atoms. The Morgan fingerprint density at radius 3 is 1.83 bits per heavy atom. The maximum atomic E-state index is 11.9. The minimum absolute atomic E-state index is 0.155. The Morgan fingerprint density at radius 2 is 1.58 bits per heavy atom. The number of alkyl halides is 2. The zero-order chi connectivity index (χ0) is 9.57. The van der Waals surface area contributed by atoms with Crippen molar-refractivity contribution in [2.45, 2.75) is 40.2 Å². The Hall–Kier alpha value is -0.180. The third kappa shape index (κ3) is 1.35. The fourth-order valence-corrected chi connectivity index (χ4v) is 1.91. The molecule has 0 aliphatic heterocycles. The van der Waals surface area contributed by atoms with Gasteiger partial charge < -0.3 is 5.32 Å². The fraction of sp³-hybridized carbons (Fsp3) is 1.00. The van der Waals surface area contributed by atoms with Crippen molar-refractivity contribution in [2.24, 2.45) is 10.8 Å². The Bertz CT molecular complexity index is 161. The lowest BCUT2D eigenvalue weighted by Crippen LogP contribution is -2.27. The first-order valence-electron chi connectivity index (χ1n) is 4.31. The van der Waals surface area contributed by atoms with E-state index in [0.717, 1.165) is 0 Å². The van der Waals surface area contributed by atoms with Gasteiger partial charge in [-0.2, -0.15) is 0 Å². The number of halogens is 2. The summed E-state index contributed by atoms with van der Waals surface area (Å²) in [5.74, 6) is 0. The molecule has 0 aromatic carbocycles. The van der Waals surface area contributed by atoms with Gasteiger partial charge in [0.15, 0.2) is 0 Å². The summed E-state index contributed by atoms with van der Waals surface area (Å²) in [4.78, 5) is 0. The lowest BCUT2D eigenvalue weighted by molar-refractivity contribution is 0.143. The van der Waals surface area contributed by atoms with Gasteiger partial charge >= 0.3 is 0 Å². The highest BCUT2D eigenvalue weighted by atomic mass is 19.3. The third-order valence-electron chi connectivity index (χ3n) is 3.50. The van der Waals surface area contributed by atoms with Gasteiger partial charge in [-0.3, -0.25) is 0 Å². The van der Waals surface area contributed by atoms with Crippen molar-refractivity contribution < 1.29 is 8.78 Å². The summed E-state index contributed by atoms with van der Waals surface area (Å²) in [6, 6.07) is 0.235. The molecular formula is C9H17F2N. The lowest BCUT2D eigenvalue weighted by atomic mass is 10.0. The topological polar surface area (TPSA) is 12.0 Å². The maximum Gasteiger partial charge on any atom is 0.250 e. The van der Waals surface area contributed by atoms with E-state index in [-0.39, 0.29) is 23.4 Å². The van der Waals surface area contributed by atoms with Crippen LogP contribution < -0.4 is 5.32 Å². The first-order valence-corrected chi connectivity index (χ1v) is 4.31. The molecule has 1 saturated carbocycles. The summed E-state index contributed by atoms with van der Waals surface area (Å²) in [5, 5.41) is 2.89. The highest BCUT2D eigenvalue weighted by molar-refractivity contribution is 5.17. The molecule has 1 nitrogen and oxygen atoms in total. The van der Waals surface area contributed by atoms with Crippen molar-refractivity contribution in [1.29, 1.82) is 0 Å². The van der Waals surface area contributed by atoms with Crippen LogP contribution in [0.1, 0.15) is 27.7 Å². The van der Waals surface area contributed by atoms with Gasteiger partial charge in [0.1, 0.15) is 0 Å². The van der Waals surface area contributed by atoms with Crippen molar-refractivity contribution in [3.8, 4) is 0 Å². The smallest absolute Gasteiger partial charge is 0.250 e. The average molecular weight is 177 g/mol. The van der Waals surface area contributed by atoms with E-state index in [0.29, 0.717) is 0 Å². The molecule has 0 heterocycles. The van der Waals surface area contributed by atoms with Gasteiger partial charge in [-0.15, -0.1) is 0 Å². The molecule has 72 valence electrons. The Balaban J connectivity index is 2.39. The lowest BCUT2D eigenvalue weighted by Gasteiger charge is -2.04. The minimum Gasteiger partial charge on any atom is -0.308 e. The molecule has 0 radical (unpaired) electrons. The molecule has 0 saturated heterocycles. The number of nitrogens with one attached hydrogen (secondary N) is 1. The SMILES string of the molecule is CC1(C)C(NCC(F)F)C1(C)C. The molecular weight excluding hydrogens is 160 g/mol. The average Bonchev–Trinajstić information content (AvgIpc) is 2.21. The van der Waals surface area contributed by atoms with E-state index in [1.807, 2.05) is 0 Å². The number of hydrogen-bond donors (Lipinski definition) is 1. The second-order valence-electron chi connectivity index (χ2n) is 4.68. The number of rotatable bonds is 3. The predicted octanol–water partition coefficient (Wildman–Crippen LogP) is 2.28. The van der Waals surface area contributed by atoms with Crippen molar-refractivity contribution in [3.63, 3.8) is 0 Å². The summed E-state index contributed by atoms with van der Waals surface area (Å²) < 4.78 is 23.7. The molecule has 1 fully saturated rings. The molecule has 0 amide bonds. The predicted molar refractivity (Wildman–Crippen MR) is 45.4 cm³/mol. The monoisotopic (exact) mass is 177 g/mol. The molecule has 0 aromatic heterocycles. The van der Waals surface area contributed by atoms with Crippen LogP contribution in [0.15, 0.2) is 0 Å². The molecule has 1 aliphatic carbocycles. The standard InChI is InChI=1S/C9H17F2N/c1-8(2)7(9(8,3)4)12-5-6(10)11/h6-7,12H,5H2,1-4H3. The molecule has 1 rings (SSSR count). The van der Waals surface area contributed by atoms with Gasteiger partial charge in [0.25, 0.3) is 6.43 Å². The fourth-order valence-electron chi connectivity index (χ4n) is 1.91. The summed E-state index contributed by atoms with van der Waals surface area (Å²) in [7, 11) is 0. The first-order chi connectivity index (χ1) is 5.30. The summed E-state index contributed by atoms with van der Waals surface area (Å²) >= 11 is 0. The van der Waals surface area contributed by atoms with Crippen LogP contribution in [0.2, 0.25) is 0 Å². The largest absolute Gasteiger partial charge is 0.308 e.